The van der Waals surface area contributed by atoms with Gasteiger partial charge in [0.25, 0.3) is 0 Å². The maximum atomic E-state index is 12.5. The summed E-state index contributed by atoms with van der Waals surface area (Å²) in [5.41, 5.74) is 0. The smallest absolute Gasteiger partial charge is 0.236 e. The number of hydrogen-bond donors (Lipinski definition) is 1. The second-order valence-corrected chi connectivity index (χ2v) is 6.69. The number of carbonyl (C=O) groups is 1. The van der Waals surface area contributed by atoms with Crippen LogP contribution in [0.5, 0.6) is 0 Å². The Morgan fingerprint density at radius 3 is 2.70 bits per heavy atom. The molecule has 0 aromatic rings. The van der Waals surface area contributed by atoms with Gasteiger partial charge < -0.3 is 15.0 Å². The predicted octanol–water partition coefficient (Wildman–Crippen LogP) is 0.306. The number of fused-ring (bicyclic) bond motifs is 1. The van der Waals surface area contributed by atoms with Gasteiger partial charge in [0.15, 0.2) is 0 Å². The summed E-state index contributed by atoms with van der Waals surface area (Å²) in [7, 11) is 0. The van der Waals surface area contributed by atoms with Crippen LogP contribution in [0.3, 0.4) is 0 Å². The van der Waals surface area contributed by atoms with Gasteiger partial charge in [0.05, 0.1) is 18.8 Å². The van der Waals surface area contributed by atoms with Crippen LogP contribution in [0.1, 0.15) is 26.7 Å². The van der Waals surface area contributed by atoms with Gasteiger partial charge in [0.2, 0.25) is 5.91 Å². The van der Waals surface area contributed by atoms with Crippen molar-refractivity contribution in [3.05, 3.63) is 0 Å². The fourth-order valence-electron chi connectivity index (χ4n) is 3.94. The van der Waals surface area contributed by atoms with Gasteiger partial charge >= 0.3 is 0 Å². The molecular formula is C15H27N3O2. The number of amides is 1. The molecule has 0 radical (unpaired) electrons. The molecule has 5 nitrogen and oxygen atoms in total. The lowest BCUT2D eigenvalue weighted by Crippen LogP contribution is -2.53. The highest BCUT2D eigenvalue weighted by Gasteiger charge is 2.34. The second kappa shape index (κ2) is 6.00. The van der Waals surface area contributed by atoms with Gasteiger partial charge in [0.1, 0.15) is 0 Å². The SMILES string of the molecule is CC1CN(C(=O)CN2CCC3NCCC3C2)CC(C)O1. The topological polar surface area (TPSA) is 44.8 Å². The summed E-state index contributed by atoms with van der Waals surface area (Å²) < 4.78 is 5.70. The Hall–Kier alpha value is -0.650. The maximum Gasteiger partial charge on any atom is 0.236 e. The Labute approximate surface area is 121 Å². The summed E-state index contributed by atoms with van der Waals surface area (Å²) in [6, 6.07) is 0.699. The summed E-state index contributed by atoms with van der Waals surface area (Å²) in [4.78, 5) is 16.8. The molecule has 0 saturated carbocycles. The molecule has 3 aliphatic rings. The van der Waals surface area contributed by atoms with Crippen molar-refractivity contribution in [1.29, 1.82) is 0 Å². The number of piperidine rings is 1. The van der Waals surface area contributed by atoms with E-state index in [0.29, 0.717) is 12.6 Å². The number of rotatable bonds is 2. The molecule has 4 atom stereocenters. The van der Waals surface area contributed by atoms with E-state index in [4.69, 9.17) is 4.74 Å². The van der Waals surface area contributed by atoms with Crippen LogP contribution in [-0.2, 0) is 9.53 Å². The molecule has 0 spiro atoms. The van der Waals surface area contributed by atoms with Gasteiger partial charge in [-0.3, -0.25) is 9.69 Å². The number of nitrogens with zero attached hydrogens (tertiary/aromatic N) is 2. The summed E-state index contributed by atoms with van der Waals surface area (Å²) >= 11 is 0. The van der Waals surface area contributed by atoms with Gasteiger partial charge in [-0.1, -0.05) is 0 Å². The van der Waals surface area contributed by atoms with E-state index in [1.54, 1.807) is 0 Å². The first kappa shape index (κ1) is 14.3. The maximum absolute atomic E-state index is 12.5. The van der Waals surface area contributed by atoms with Crippen LogP contribution in [0, 0.1) is 5.92 Å². The molecule has 0 aromatic heterocycles. The van der Waals surface area contributed by atoms with Crippen molar-refractivity contribution in [2.45, 2.75) is 44.9 Å². The lowest BCUT2D eigenvalue weighted by atomic mass is 9.93. The number of morpholine rings is 1. The zero-order chi connectivity index (χ0) is 14.1. The Kier molecular flexibility index (Phi) is 4.29. The number of nitrogens with one attached hydrogen (secondary N) is 1. The molecule has 1 N–H and O–H groups in total. The lowest BCUT2D eigenvalue weighted by molar-refractivity contribution is -0.144. The standard InChI is InChI=1S/C15H27N3O2/c1-11-7-18(8-12(2)20-11)15(19)10-17-6-4-14-13(9-17)3-5-16-14/h11-14,16H,3-10H2,1-2H3. The first-order valence-corrected chi connectivity index (χ1v) is 8.01. The van der Waals surface area contributed by atoms with Crippen LogP contribution < -0.4 is 5.32 Å². The summed E-state index contributed by atoms with van der Waals surface area (Å²) in [5, 5.41) is 3.57. The molecule has 3 fully saturated rings. The third-order valence-corrected chi connectivity index (χ3v) is 4.87. The molecule has 4 unspecified atom stereocenters. The molecule has 20 heavy (non-hydrogen) atoms. The average molecular weight is 281 g/mol. The normalized spacial score (nSPS) is 38.8. The molecule has 0 aliphatic carbocycles. The lowest BCUT2D eigenvalue weighted by Gasteiger charge is -2.38. The zero-order valence-electron chi connectivity index (χ0n) is 12.7. The molecule has 3 aliphatic heterocycles. The van der Waals surface area contributed by atoms with E-state index in [0.717, 1.165) is 38.6 Å². The quantitative estimate of drug-likeness (QED) is 0.791. The van der Waals surface area contributed by atoms with E-state index in [1.807, 2.05) is 18.7 Å². The van der Waals surface area contributed by atoms with Crippen LogP contribution in [0.25, 0.3) is 0 Å². The van der Waals surface area contributed by atoms with Crippen molar-refractivity contribution < 1.29 is 9.53 Å². The fourth-order valence-corrected chi connectivity index (χ4v) is 3.94. The summed E-state index contributed by atoms with van der Waals surface area (Å²) in [6.45, 7) is 9.44. The summed E-state index contributed by atoms with van der Waals surface area (Å²) in [5.74, 6) is 1.02. The molecule has 0 bridgehead atoms. The van der Waals surface area contributed by atoms with E-state index in [1.165, 1.54) is 12.8 Å². The number of ether oxygens (including phenoxy) is 1. The van der Waals surface area contributed by atoms with Crippen molar-refractivity contribution in [2.75, 3.05) is 39.3 Å². The first-order chi connectivity index (χ1) is 9.61. The highest BCUT2D eigenvalue weighted by atomic mass is 16.5. The Bertz CT molecular complexity index is 353. The van der Waals surface area contributed by atoms with Gasteiger partial charge in [-0.05, 0) is 39.2 Å². The average Bonchev–Trinajstić information content (AvgIpc) is 2.85. The van der Waals surface area contributed by atoms with Gasteiger partial charge in [0, 0.05) is 32.2 Å². The van der Waals surface area contributed by atoms with Crippen LogP contribution in [0.4, 0.5) is 0 Å². The molecule has 3 rings (SSSR count). The van der Waals surface area contributed by atoms with Crippen LogP contribution in [-0.4, -0.2) is 73.2 Å². The minimum Gasteiger partial charge on any atom is -0.372 e. The van der Waals surface area contributed by atoms with Crippen LogP contribution >= 0.6 is 0 Å². The molecular weight excluding hydrogens is 254 g/mol. The van der Waals surface area contributed by atoms with Gasteiger partial charge in [-0.15, -0.1) is 0 Å². The van der Waals surface area contributed by atoms with E-state index >= 15 is 0 Å². The van der Waals surface area contributed by atoms with Crippen molar-refractivity contribution in [2.24, 2.45) is 5.92 Å². The fraction of sp³-hybridized carbons (Fsp3) is 0.933. The molecule has 3 heterocycles. The van der Waals surface area contributed by atoms with E-state index in [-0.39, 0.29) is 18.1 Å². The molecule has 1 amide bonds. The molecule has 0 aromatic carbocycles. The minimum absolute atomic E-state index is 0.160. The van der Waals surface area contributed by atoms with Crippen LogP contribution in [0.2, 0.25) is 0 Å². The Balaban J connectivity index is 1.51. The zero-order valence-corrected chi connectivity index (χ0v) is 12.7. The number of likely N-dealkylation sites (tertiary alicyclic amines) is 1. The van der Waals surface area contributed by atoms with Gasteiger partial charge in [-0.25, -0.2) is 0 Å². The Morgan fingerprint density at radius 2 is 1.95 bits per heavy atom. The molecule has 114 valence electrons. The van der Waals surface area contributed by atoms with Crippen molar-refractivity contribution in [1.82, 2.24) is 15.1 Å². The van der Waals surface area contributed by atoms with E-state index in [2.05, 4.69) is 10.2 Å². The third-order valence-electron chi connectivity index (χ3n) is 4.87. The van der Waals surface area contributed by atoms with Crippen LogP contribution in [0.15, 0.2) is 0 Å². The van der Waals surface area contributed by atoms with E-state index < -0.39 is 0 Å². The predicted molar refractivity (Wildman–Crippen MR) is 77.5 cm³/mol. The Morgan fingerprint density at radius 1 is 1.20 bits per heavy atom. The highest BCUT2D eigenvalue weighted by molar-refractivity contribution is 5.78. The van der Waals surface area contributed by atoms with Crippen molar-refractivity contribution in [3.8, 4) is 0 Å². The van der Waals surface area contributed by atoms with Crippen molar-refractivity contribution >= 4 is 5.91 Å². The molecule has 3 saturated heterocycles. The number of hydrogen-bond acceptors (Lipinski definition) is 4. The minimum atomic E-state index is 0.160. The second-order valence-electron chi connectivity index (χ2n) is 6.69. The highest BCUT2D eigenvalue weighted by Crippen LogP contribution is 2.24. The van der Waals surface area contributed by atoms with Crippen molar-refractivity contribution in [3.63, 3.8) is 0 Å². The third kappa shape index (κ3) is 3.15. The summed E-state index contributed by atoms with van der Waals surface area (Å²) in [6.07, 6.45) is 2.77. The molecule has 5 heteroatoms. The first-order valence-electron chi connectivity index (χ1n) is 8.01. The largest absolute Gasteiger partial charge is 0.372 e. The van der Waals surface area contributed by atoms with E-state index in [9.17, 15) is 4.79 Å². The number of carbonyl (C=O) groups excluding carboxylic acids is 1. The monoisotopic (exact) mass is 281 g/mol. The van der Waals surface area contributed by atoms with Gasteiger partial charge in [-0.2, -0.15) is 0 Å².